The van der Waals surface area contributed by atoms with Gasteiger partial charge in [-0.1, -0.05) is 6.92 Å². The minimum absolute atomic E-state index is 0.0171. The maximum atomic E-state index is 13.9. The molecule has 59 heavy (non-hydrogen) atoms. The number of hydrogen-bond acceptors (Lipinski definition) is 17. The fourth-order valence-electron chi connectivity index (χ4n) is 9.44. The van der Waals surface area contributed by atoms with E-state index in [0.717, 1.165) is 19.2 Å². The van der Waals surface area contributed by atoms with Gasteiger partial charge in [-0.2, -0.15) is 0 Å². The molecule has 2 aliphatic carbocycles. The molecule has 2 aromatic rings. The number of aromatic hydroxyl groups is 3. The highest BCUT2D eigenvalue weighted by molar-refractivity contribution is 6.30. The molecule has 0 saturated carbocycles. The molecule has 3 heterocycles. The van der Waals surface area contributed by atoms with Crippen molar-refractivity contribution >= 4 is 17.5 Å². The van der Waals surface area contributed by atoms with E-state index in [0.29, 0.717) is 12.8 Å². The second kappa shape index (κ2) is 16.6. The average Bonchev–Trinajstić information content (AvgIpc) is 3.16. The molecular formula is C42H55NO16. The second-order valence-electron chi connectivity index (χ2n) is 16.7. The van der Waals surface area contributed by atoms with Gasteiger partial charge in [0.05, 0.1) is 60.5 Å². The normalized spacial score (nSPS) is 37.1. The van der Waals surface area contributed by atoms with E-state index in [1.807, 2.05) is 19.0 Å². The number of aliphatic hydroxyl groups is 3. The molecule has 0 bridgehead atoms. The molecule has 14 atom stereocenters. The third kappa shape index (κ3) is 7.86. The number of phenolic OH excluding ortho intramolecular Hbond substituents is 3. The predicted octanol–water partition coefficient (Wildman–Crippen LogP) is 2.66. The summed E-state index contributed by atoms with van der Waals surface area (Å²) in [7, 11) is 4.88. The third-order valence-electron chi connectivity index (χ3n) is 12.7. The summed E-state index contributed by atoms with van der Waals surface area (Å²) in [6.45, 7) is 7.02. The van der Waals surface area contributed by atoms with Gasteiger partial charge >= 0.3 is 5.97 Å². The van der Waals surface area contributed by atoms with Gasteiger partial charge in [-0.3, -0.25) is 14.4 Å². The van der Waals surface area contributed by atoms with Crippen molar-refractivity contribution in [3.63, 3.8) is 0 Å². The SMILES string of the molecule is CCC1(O)CC(OC2CC(N(C)C)C(OC3CC(O)C(OC4CCC(O)C(C)O4)C(C)O3)C(C)O2)c2c(cc3c(c2O)C(=O)c2c(O)cc(O)cc2C3=O)C1C(=O)OC. The first-order chi connectivity index (χ1) is 27.9. The quantitative estimate of drug-likeness (QED) is 0.170. The van der Waals surface area contributed by atoms with Crippen LogP contribution in [-0.4, -0.2) is 148 Å². The van der Waals surface area contributed by atoms with Crippen LogP contribution in [0.3, 0.4) is 0 Å². The molecule has 14 unspecified atom stereocenters. The van der Waals surface area contributed by atoms with Crippen LogP contribution >= 0.6 is 0 Å². The van der Waals surface area contributed by atoms with Crippen LogP contribution in [0.2, 0.25) is 0 Å². The highest BCUT2D eigenvalue weighted by atomic mass is 16.7. The van der Waals surface area contributed by atoms with E-state index < -0.39 is 125 Å². The topological polar surface area (TPSA) is 240 Å². The van der Waals surface area contributed by atoms with E-state index in [2.05, 4.69) is 0 Å². The monoisotopic (exact) mass is 829 g/mol. The molecule has 324 valence electrons. The average molecular weight is 830 g/mol. The van der Waals surface area contributed by atoms with E-state index in [1.165, 1.54) is 6.07 Å². The highest BCUT2D eigenvalue weighted by Gasteiger charge is 2.54. The van der Waals surface area contributed by atoms with Crippen LogP contribution in [-0.2, 0) is 38.0 Å². The number of aliphatic hydroxyl groups excluding tert-OH is 2. The lowest BCUT2D eigenvalue weighted by atomic mass is 9.67. The summed E-state index contributed by atoms with van der Waals surface area (Å²) in [6, 6.07) is 2.88. The summed E-state index contributed by atoms with van der Waals surface area (Å²) < 4.78 is 42.7. The fourth-order valence-corrected chi connectivity index (χ4v) is 9.44. The van der Waals surface area contributed by atoms with Crippen LogP contribution in [0.1, 0.15) is 121 Å². The number of benzene rings is 2. The van der Waals surface area contributed by atoms with Crippen molar-refractivity contribution in [1.82, 2.24) is 4.90 Å². The molecule has 17 heteroatoms. The zero-order chi connectivity index (χ0) is 42.8. The Morgan fingerprint density at radius 2 is 1.44 bits per heavy atom. The number of likely N-dealkylation sites (N-methyl/N-ethyl adjacent to an activating group) is 1. The number of carbonyl (C=O) groups is 3. The van der Waals surface area contributed by atoms with E-state index in [-0.39, 0.29) is 54.0 Å². The number of carbonyl (C=O) groups excluding carboxylic acids is 3. The second-order valence-corrected chi connectivity index (χ2v) is 16.7. The summed E-state index contributed by atoms with van der Waals surface area (Å²) in [5.41, 5.74) is -3.20. The molecule has 3 aliphatic heterocycles. The summed E-state index contributed by atoms with van der Waals surface area (Å²) in [5, 5.41) is 66.1. The van der Waals surface area contributed by atoms with Gasteiger partial charge in [0.2, 0.25) is 5.78 Å². The molecule has 0 aromatic heterocycles. The molecule has 0 amide bonds. The summed E-state index contributed by atoms with van der Waals surface area (Å²) in [4.78, 5) is 43.2. The Morgan fingerprint density at radius 1 is 0.814 bits per heavy atom. The first kappa shape index (κ1) is 43.3. The number of hydrogen-bond donors (Lipinski definition) is 6. The Labute approximate surface area is 341 Å². The molecule has 17 nitrogen and oxygen atoms in total. The van der Waals surface area contributed by atoms with Gasteiger partial charge in [0.1, 0.15) is 35.4 Å². The minimum Gasteiger partial charge on any atom is -0.508 e. The zero-order valence-electron chi connectivity index (χ0n) is 34.2. The Balaban J connectivity index is 1.14. The Hall–Kier alpha value is -3.75. The van der Waals surface area contributed by atoms with Crippen LogP contribution in [0, 0.1) is 0 Å². The predicted molar refractivity (Wildman–Crippen MR) is 204 cm³/mol. The standard InChI is InChI=1S/C42H55NO16/c1-8-42(52)16-28(33-21(35(42)41(51)53-7)13-23-34(38(33)50)37(49)32-22(36(23)48)11-20(44)12-26(32)46)57-30-14-24(43(5)6)39(18(3)55-30)59-31-15-27(47)40(19(4)56-31)58-29-10-9-25(45)17(2)54-29/h11-13,17-19,24-25,27-31,35,39-40,44-47,50,52H,8-10,14-16H2,1-7H3. The first-order valence-electron chi connectivity index (χ1n) is 20.2. The van der Waals surface area contributed by atoms with Crippen molar-refractivity contribution in [2.45, 2.75) is 151 Å². The van der Waals surface area contributed by atoms with Crippen molar-refractivity contribution in [1.29, 1.82) is 0 Å². The molecule has 5 aliphatic rings. The lowest BCUT2D eigenvalue weighted by Crippen LogP contribution is -2.58. The van der Waals surface area contributed by atoms with Crippen molar-refractivity contribution in [2.24, 2.45) is 0 Å². The van der Waals surface area contributed by atoms with Crippen LogP contribution < -0.4 is 0 Å². The van der Waals surface area contributed by atoms with E-state index in [1.54, 1.807) is 27.7 Å². The molecule has 2 aromatic carbocycles. The van der Waals surface area contributed by atoms with Gasteiger partial charge in [-0.05, 0) is 65.4 Å². The number of methoxy groups -OCH3 is 1. The van der Waals surface area contributed by atoms with Crippen LogP contribution in [0.4, 0.5) is 0 Å². The van der Waals surface area contributed by atoms with Crippen molar-refractivity contribution in [2.75, 3.05) is 21.2 Å². The van der Waals surface area contributed by atoms with E-state index in [4.69, 9.17) is 33.2 Å². The highest BCUT2D eigenvalue weighted by Crippen LogP contribution is 2.54. The summed E-state index contributed by atoms with van der Waals surface area (Å²) >= 11 is 0. The zero-order valence-corrected chi connectivity index (χ0v) is 34.2. The lowest BCUT2D eigenvalue weighted by molar-refractivity contribution is -0.328. The van der Waals surface area contributed by atoms with Gasteiger partial charge in [-0.15, -0.1) is 0 Å². The Kier molecular flexibility index (Phi) is 12.2. The molecule has 3 fully saturated rings. The molecule has 3 saturated heterocycles. The van der Waals surface area contributed by atoms with Gasteiger partial charge in [0.25, 0.3) is 0 Å². The number of nitrogens with zero attached hydrogens (tertiary/aromatic N) is 1. The smallest absolute Gasteiger partial charge is 0.316 e. The molecule has 6 N–H and O–H groups in total. The Bertz CT molecular complexity index is 1940. The Morgan fingerprint density at radius 3 is 2.07 bits per heavy atom. The first-order valence-corrected chi connectivity index (χ1v) is 20.2. The van der Waals surface area contributed by atoms with E-state index in [9.17, 15) is 45.0 Å². The van der Waals surface area contributed by atoms with E-state index >= 15 is 0 Å². The number of ether oxygens (including phenoxy) is 7. The molecule has 0 spiro atoms. The number of esters is 1. The molecule has 0 radical (unpaired) electrons. The number of phenols is 3. The maximum absolute atomic E-state index is 13.9. The lowest BCUT2D eigenvalue weighted by Gasteiger charge is -2.48. The van der Waals surface area contributed by atoms with Crippen molar-refractivity contribution in [3.05, 3.63) is 51.6 Å². The van der Waals surface area contributed by atoms with Gasteiger partial charge in [0, 0.05) is 54.5 Å². The summed E-state index contributed by atoms with van der Waals surface area (Å²) in [5.74, 6) is -5.69. The van der Waals surface area contributed by atoms with Crippen LogP contribution in [0.25, 0.3) is 0 Å². The summed E-state index contributed by atoms with van der Waals surface area (Å²) in [6.07, 6.45) is -6.82. The van der Waals surface area contributed by atoms with Crippen molar-refractivity contribution < 1.29 is 78.2 Å². The largest absolute Gasteiger partial charge is 0.508 e. The third-order valence-corrected chi connectivity index (χ3v) is 12.7. The number of fused-ring (bicyclic) bond motifs is 3. The number of rotatable bonds is 9. The number of ketones is 2. The van der Waals surface area contributed by atoms with Crippen LogP contribution in [0.5, 0.6) is 17.2 Å². The molecular weight excluding hydrogens is 774 g/mol. The van der Waals surface area contributed by atoms with Crippen molar-refractivity contribution in [3.8, 4) is 17.2 Å². The van der Waals surface area contributed by atoms with Gasteiger partial charge in [-0.25, -0.2) is 0 Å². The minimum atomic E-state index is -1.80. The van der Waals surface area contributed by atoms with Gasteiger partial charge in [0.15, 0.2) is 24.7 Å². The van der Waals surface area contributed by atoms with Crippen LogP contribution in [0.15, 0.2) is 18.2 Å². The van der Waals surface area contributed by atoms with Gasteiger partial charge < -0.3 is 68.7 Å². The molecule has 7 rings (SSSR count). The fraction of sp³-hybridized carbons (Fsp3) is 0.643. The maximum Gasteiger partial charge on any atom is 0.316 e.